The molecular weight excluding hydrogens is 236 g/mol. The molecule has 0 bridgehead atoms. The van der Waals surface area contributed by atoms with E-state index >= 15 is 0 Å². The Hall–Kier alpha value is -1.55. The summed E-state index contributed by atoms with van der Waals surface area (Å²) >= 11 is 0. The van der Waals surface area contributed by atoms with Crippen LogP contribution in [0.1, 0.15) is 25.3 Å². The fourth-order valence-electron chi connectivity index (χ4n) is 3.47. The zero-order valence-corrected chi connectivity index (χ0v) is 11.5. The number of anilines is 1. The molecule has 2 heterocycles. The highest BCUT2D eigenvalue weighted by Crippen LogP contribution is 2.30. The molecule has 0 saturated carbocycles. The van der Waals surface area contributed by atoms with Crippen LogP contribution in [0.15, 0.2) is 24.3 Å². The standard InChI is InChI=1S/C15H22N4/c1-11-9-18-8-4-5-12(18)10-19(11)14-7-3-2-6-13(14)15(16)17/h2-3,6-7,11-12H,4-5,8-10H2,1H3,(H3,16,17). The molecule has 2 fully saturated rings. The predicted octanol–water partition coefficient (Wildman–Crippen LogP) is 1.64. The molecule has 2 aliphatic heterocycles. The molecular formula is C15H22N4. The van der Waals surface area contributed by atoms with E-state index in [9.17, 15) is 0 Å². The van der Waals surface area contributed by atoms with Crippen molar-refractivity contribution in [3.63, 3.8) is 0 Å². The largest absolute Gasteiger partial charge is 0.384 e. The molecule has 4 heteroatoms. The molecule has 3 N–H and O–H groups in total. The van der Waals surface area contributed by atoms with Gasteiger partial charge in [-0.05, 0) is 38.4 Å². The molecule has 2 unspecified atom stereocenters. The van der Waals surface area contributed by atoms with Crippen molar-refractivity contribution in [2.24, 2.45) is 5.73 Å². The summed E-state index contributed by atoms with van der Waals surface area (Å²) in [4.78, 5) is 5.04. The van der Waals surface area contributed by atoms with Crippen LogP contribution in [0.5, 0.6) is 0 Å². The van der Waals surface area contributed by atoms with Crippen molar-refractivity contribution in [2.75, 3.05) is 24.5 Å². The Labute approximate surface area is 114 Å². The number of para-hydroxylation sites is 1. The van der Waals surface area contributed by atoms with Crippen molar-refractivity contribution in [2.45, 2.75) is 31.8 Å². The lowest BCUT2D eigenvalue weighted by Crippen LogP contribution is -2.55. The average Bonchev–Trinajstić information content (AvgIpc) is 2.84. The summed E-state index contributed by atoms with van der Waals surface area (Å²) in [6, 6.07) is 9.20. The van der Waals surface area contributed by atoms with Crippen LogP contribution in [0.4, 0.5) is 5.69 Å². The van der Waals surface area contributed by atoms with Crippen molar-refractivity contribution in [1.82, 2.24) is 4.90 Å². The highest BCUT2D eigenvalue weighted by molar-refractivity contribution is 6.00. The maximum Gasteiger partial charge on any atom is 0.124 e. The Balaban J connectivity index is 1.91. The van der Waals surface area contributed by atoms with Crippen LogP contribution in [0, 0.1) is 5.41 Å². The molecule has 0 radical (unpaired) electrons. The lowest BCUT2D eigenvalue weighted by molar-refractivity contribution is 0.203. The quantitative estimate of drug-likeness (QED) is 0.626. The summed E-state index contributed by atoms with van der Waals surface area (Å²) in [5, 5.41) is 7.75. The average molecular weight is 258 g/mol. The summed E-state index contributed by atoms with van der Waals surface area (Å²) < 4.78 is 0. The second-order valence-electron chi connectivity index (χ2n) is 5.72. The number of fused-ring (bicyclic) bond motifs is 1. The minimum absolute atomic E-state index is 0.164. The molecule has 0 amide bonds. The summed E-state index contributed by atoms with van der Waals surface area (Å²) in [6.07, 6.45) is 2.62. The highest BCUT2D eigenvalue weighted by atomic mass is 15.3. The zero-order chi connectivity index (χ0) is 13.4. The zero-order valence-electron chi connectivity index (χ0n) is 11.5. The molecule has 2 aliphatic rings. The first-order valence-electron chi connectivity index (χ1n) is 7.11. The maximum absolute atomic E-state index is 7.75. The number of hydrogen-bond donors (Lipinski definition) is 2. The summed E-state index contributed by atoms with van der Waals surface area (Å²) in [6.45, 7) is 5.70. The maximum atomic E-state index is 7.75. The van der Waals surface area contributed by atoms with E-state index in [1.807, 2.05) is 18.2 Å². The summed E-state index contributed by atoms with van der Waals surface area (Å²) in [5.41, 5.74) is 7.70. The van der Waals surface area contributed by atoms with Crippen LogP contribution in [0.25, 0.3) is 0 Å². The van der Waals surface area contributed by atoms with Gasteiger partial charge >= 0.3 is 0 Å². The fraction of sp³-hybridized carbons (Fsp3) is 0.533. The number of nitrogens with one attached hydrogen (secondary N) is 1. The molecule has 102 valence electrons. The number of hydrogen-bond acceptors (Lipinski definition) is 3. The fourth-order valence-corrected chi connectivity index (χ4v) is 3.47. The molecule has 3 rings (SSSR count). The molecule has 19 heavy (non-hydrogen) atoms. The van der Waals surface area contributed by atoms with Crippen LogP contribution in [0.3, 0.4) is 0 Å². The first-order chi connectivity index (χ1) is 9.16. The van der Waals surface area contributed by atoms with Gasteiger partial charge in [-0.25, -0.2) is 0 Å². The molecule has 1 aromatic rings. The van der Waals surface area contributed by atoms with Crippen LogP contribution in [-0.4, -0.2) is 42.5 Å². The Morgan fingerprint density at radius 2 is 2.11 bits per heavy atom. The third-order valence-electron chi connectivity index (χ3n) is 4.44. The molecule has 0 spiro atoms. The van der Waals surface area contributed by atoms with Crippen LogP contribution in [-0.2, 0) is 0 Å². The van der Waals surface area contributed by atoms with Gasteiger partial charge in [-0.2, -0.15) is 0 Å². The lowest BCUT2D eigenvalue weighted by atomic mass is 10.0. The van der Waals surface area contributed by atoms with Crippen LogP contribution in [0.2, 0.25) is 0 Å². The van der Waals surface area contributed by atoms with Crippen LogP contribution < -0.4 is 10.6 Å². The number of amidine groups is 1. The van der Waals surface area contributed by atoms with Gasteiger partial charge in [-0.1, -0.05) is 12.1 Å². The Bertz CT molecular complexity index is 485. The molecule has 4 nitrogen and oxygen atoms in total. The van der Waals surface area contributed by atoms with E-state index in [0.717, 1.165) is 24.3 Å². The number of rotatable bonds is 2. The van der Waals surface area contributed by atoms with Gasteiger partial charge < -0.3 is 10.6 Å². The SMILES string of the molecule is CC1CN2CCCC2CN1c1ccccc1C(=N)N. The van der Waals surface area contributed by atoms with Gasteiger partial charge in [-0.3, -0.25) is 10.3 Å². The summed E-state index contributed by atoms with van der Waals surface area (Å²) in [7, 11) is 0. The highest BCUT2D eigenvalue weighted by Gasteiger charge is 2.35. The topological polar surface area (TPSA) is 56.4 Å². The van der Waals surface area contributed by atoms with Crippen molar-refractivity contribution in [1.29, 1.82) is 5.41 Å². The van der Waals surface area contributed by atoms with Gasteiger partial charge in [0.05, 0.1) is 0 Å². The van der Waals surface area contributed by atoms with E-state index in [1.54, 1.807) is 0 Å². The van der Waals surface area contributed by atoms with Crippen LogP contribution >= 0.6 is 0 Å². The minimum atomic E-state index is 0.164. The number of benzene rings is 1. The Kier molecular flexibility index (Phi) is 3.19. The van der Waals surface area contributed by atoms with E-state index < -0.39 is 0 Å². The molecule has 0 aromatic heterocycles. The van der Waals surface area contributed by atoms with Gasteiger partial charge in [0.15, 0.2) is 0 Å². The lowest BCUT2D eigenvalue weighted by Gasteiger charge is -2.44. The van der Waals surface area contributed by atoms with E-state index in [2.05, 4.69) is 22.8 Å². The normalized spacial score (nSPS) is 27.3. The van der Waals surface area contributed by atoms with E-state index in [-0.39, 0.29) is 5.84 Å². The minimum Gasteiger partial charge on any atom is -0.384 e. The Morgan fingerprint density at radius 3 is 2.89 bits per heavy atom. The smallest absolute Gasteiger partial charge is 0.124 e. The second kappa shape index (κ2) is 4.85. The second-order valence-corrected chi connectivity index (χ2v) is 5.72. The van der Waals surface area contributed by atoms with Gasteiger partial charge in [0.2, 0.25) is 0 Å². The molecule has 2 saturated heterocycles. The van der Waals surface area contributed by atoms with Gasteiger partial charge in [0.25, 0.3) is 0 Å². The molecule has 1 aromatic carbocycles. The molecule has 2 atom stereocenters. The van der Waals surface area contributed by atoms with Gasteiger partial charge in [0, 0.05) is 36.4 Å². The predicted molar refractivity (Wildman–Crippen MR) is 78.9 cm³/mol. The van der Waals surface area contributed by atoms with Crippen molar-refractivity contribution in [3.05, 3.63) is 29.8 Å². The number of piperazine rings is 1. The number of nitrogens with two attached hydrogens (primary N) is 1. The summed E-state index contributed by atoms with van der Waals surface area (Å²) in [5.74, 6) is 0.164. The van der Waals surface area contributed by atoms with E-state index in [4.69, 9.17) is 11.1 Å². The number of nitrogen functional groups attached to an aromatic ring is 1. The Morgan fingerprint density at radius 1 is 1.32 bits per heavy atom. The van der Waals surface area contributed by atoms with E-state index in [1.165, 1.54) is 19.4 Å². The third kappa shape index (κ3) is 2.21. The molecule has 0 aliphatic carbocycles. The first kappa shape index (κ1) is 12.5. The van der Waals surface area contributed by atoms with E-state index in [0.29, 0.717) is 12.1 Å². The van der Waals surface area contributed by atoms with Crippen molar-refractivity contribution < 1.29 is 0 Å². The first-order valence-corrected chi connectivity index (χ1v) is 7.11. The van der Waals surface area contributed by atoms with Crippen molar-refractivity contribution in [3.8, 4) is 0 Å². The van der Waals surface area contributed by atoms with Crippen molar-refractivity contribution >= 4 is 11.5 Å². The monoisotopic (exact) mass is 258 g/mol. The van der Waals surface area contributed by atoms with Gasteiger partial charge in [-0.15, -0.1) is 0 Å². The third-order valence-corrected chi connectivity index (χ3v) is 4.44. The number of nitrogens with zero attached hydrogens (tertiary/aromatic N) is 2. The van der Waals surface area contributed by atoms with Gasteiger partial charge in [0.1, 0.15) is 5.84 Å².